The molecule has 0 saturated carbocycles. The maximum absolute atomic E-state index is 13.3. The van der Waals surface area contributed by atoms with E-state index in [1.165, 1.54) is 4.31 Å². The normalized spacial score (nSPS) is 15.7. The van der Waals surface area contributed by atoms with Gasteiger partial charge in [0.05, 0.1) is 11.9 Å². The largest absolute Gasteiger partial charge is 0.368 e. The smallest absolute Gasteiger partial charge is 0.246 e. The molecule has 1 saturated heterocycles. The highest BCUT2D eigenvalue weighted by Crippen LogP contribution is 2.28. The molecule has 31 heavy (non-hydrogen) atoms. The summed E-state index contributed by atoms with van der Waals surface area (Å²) < 4.78 is 26.6. The maximum atomic E-state index is 13.3. The van der Waals surface area contributed by atoms with Crippen LogP contribution in [0.4, 0.5) is 11.4 Å². The van der Waals surface area contributed by atoms with Crippen molar-refractivity contribution >= 4 is 38.9 Å². The van der Waals surface area contributed by atoms with Gasteiger partial charge in [-0.05, 0) is 62.6 Å². The third-order valence-electron chi connectivity index (χ3n) is 5.77. The van der Waals surface area contributed by atoms with Crippen molar-refractivity contribution in [3.8, 4) is 0 Å². The molecule has 0 unspecified atom stereocenters. The molecule has 0 aliphatic carbocycles. The number of benzene rings is 2. The van der Waals surface area contributed by atoms with E-state index in [0.717, 1.165) is 28.6 Å². The van der Waals surface area contributed by atoms with Crippen molar-refractivity contribution in [3.63, 3.8) is 0 Å². The number of piperazine rings is 1. The van der Waals surface area contributed by atoms with Crippen molar-refractivity contribution in [1.29, 1.82) is 0 Å². The van der Waals surface area contributed by atoms with Crippen LogP contribution in [-0.4, -0.2) is 57.7 Å². The summed E-state index contributed by atoms with van der Waals surface area (Å²) in [5.74, 6) is -0.186. The van der Waals surface area contributed by atoms with Crippen molar-refractivity contribution < 1.29 is 13.2 Å². The van der Waals surface area contributed by atoms with Gasteiger partial charge in [-0.3, -0.25) is 9.10 Å². The Morgan fingerprint density at radius 2 is 1.61 bits per heavy atom. The number of carbonyl (C=O) groups is 1. The van der Waals surface area contributed by atoms with Crippen LogP contribution in [0.2, 0.25) is 5.02 Å². The highest BCUT2D eigenvalue weighted by molar-refractivity contribution is 7.92. The van der Waals surface area contributed by atoms with E-state index in [-0.39, 0.29) is 5.91 Å². The van der Waals surface area contributed by atoms with Crippen LogP contribution < -0.4 is 9.21 Å². The lowest BCUT2D eigenvalue weighted by atomic mass is 10.1. The Hall–Kier alpha value is -2.25. The zero-order valence-corrected chi connectivity index (χ0v) is 20.3. The molecular weight excluding hydrogens is 434 g/mol. The highest BCUT2D eigenvalue weighted by Gasteiger charge is 2.34. The van der Waals surface area contributed by atoms with Crippen LogP contribution in [0.5, 0.6) is 0 Å². The minimum Gasteiger partial charge on any atom is -0.368 e. The fourth-order valence-electron chi connectivity index (χ4n) is 4.09. The van der Waals surface area contributed by atoms with E-state index >= 15 is 0 Å². The number of amides is 1. The molecule has 168 valence electrons. The zero-order chi connectivity index (χ0) is 22.9. The Morgan fingerprint density at radius 3 is 2.23 bits per heavy atom. The molecule has 6 nitrogen and oxygen atoms in total. The van der Waals surface area contributed by atoms with Crippen LogP contribution in [-0.2, 0) is 14.8 Å². The molecule has 0 N–H and O–H groups in total. The first-order valence-corrected chi connectivity index (χ1v) is 12.6. The van der Waals surface area contributed by atoms with Crippen molar-refractivity contribution in [1.82, 2.24) is 4.90 Å². The summed E-state index contributed by atoms with van der Waals surface area (Å²) in [6, 6.07) is 10.6. The average Bonchev–Trinajstić information content (AvgIpc) is 2.71. The molecule has 1 aliphatic rings. The summed E-state index contributed by atoms with van der Waals surface area (Å²) in [5, 5.41) is 0.685. The second-order valence-electron chi connectivity index (χ2n) is 8.27. The van der Waals surface area contributed by atoms with E-state index in [1.54, 1.807) is 11.8 Å². The van der Waals surface area contributed by atoms with E-state index in [9.17, 15) is 13.2 Å². The Kier molecular flexibility index (Phi) is 6.86. The lowest BCUT2D eigenvalue weighted by molar-refractivity contribution is -0.132. The molecule has 1 amide bonds. The summed E-state index contributed by atoms with van der Waals surface area (Å²) in [7, 11) is -3.64. The number of nitrogens with zero attached hydrogens (tertiary/aromatic N) is 3. The van der Waals surface area contributed by atoms with E-state index < -0.39 is 16.1 Å². The van der Waals surface area contributed by atoms with Gasteiger partial charge in [0.15, 0.2) is 0 Å². The molecule has 3 rings (SSSR count). The van der Waals surface area contributed by atoms with Gasteiger partial charge in [-0.15, -0.1) is 0 Å². The number of hydrogen-bond donors (Lipinski definition) is 0. The molecule has 1 atom stereocenters. The molecule has 1 heterocycles. The molecule has 2 aromatic carbocycles. The minimum absolute atomic E-state index is 0.186. The van der Waals surface area contributed by atoms with Gasteiger partial charge in [-0.1, -0.05) is 29.8 Å². The first-order valence-electron chi connectivity index (χ1n) is 10.4. The number of carbonyl (C=O) groups excluding carboxylic acids is 1. The van der Waals surface area contributed by atoms with Crippen molar-refractivity contribution in [2.45, 2.75) is 33.7 Å². The number of rotatable bonds is 5. The van der Waals surface area contributed by atoms with Crippen LogP contribution in [0.15, 0.2) is 36.4 Å². The van der Waals surface area contributed by atoms with Crippen molar-refractivity contribution in [3.05, 3.63) is 58.1 Å². The number of sulfonamides is 1. The van der Waals surface area contributed by atoms with E-state index in [0.29, 0.717) is 36.9 Å². The summed E-state index contributed by atoms with van der Waals surface area (Å²) in [6.45, 7) is 9.87. The lowest BCUT2D eigenvalue weighted by Crippen LogP contribution is -2.55. The van der Waals surface area contributed by atoms with Gasteiger partial charge >= 0.3 is 0 Å². The van der Waals surface area contributed by atoms with Gasteiger partial charge in [-0.2, -0.15) is 0 Å². The summed E-state index contributed by atoms with van der Waals surface area (Å²) in [5.41, 5.74) is 4.52. The minimum atomic E-state index is -3.64. The fourth-order valence-corrected chi connectivity index (χ4v) is 5.47. The predicted molar refractivity (Wildman–Crippen MR) is 128 cm³/mol. The van der Waals surface area contributed by atoms with Crippen LogP contribution in [0, 0.1) is 20.8 Å². The topological polar surface area (TPSA) is 60.9 Å². The Labute approximate surface area is 190 Å². The molecular formula is C23H30ClN3O3S. The molecule has 8 heteroatoms. The number of hydrogen-bond acceptors (Lipinski definition) is 4. The van der Waals surface area contributed by atoms with E-state index in [4.69, 9.17) is 11.6 Å². The highest BCUT2D eigenvalue weighted by atomic mass is 35.5. The second kappa shape index (κ2) is 9.09. The zero-order valence-electron chi connectivity index (χ0n) is 18.7. The average molecular weight is 464 g/mol. The third kappa shape index (κ3) is 5.15. The molecule has 0 aromatic heterocycles. The Balaban J connectivity index is 1.79. The van der Waals surface area contributed by atoms with Crippen LogP contribution in [0.1, 0.15) is 23.6 Å². The quantitative estimate of drug-likeness (QED) is 0.677. The second-order valence-corrected chi connectivity index (χ2v) is 10.6. The van der Waals surface area contributed by atoms with Gasteiger partial charge in [0, 0.05) is 36.9 Å². The number of aryl methyl sites for hydroxylation is 3. The first-order chi connectivity index (χ1) is 14.5. The summed E-state index contributed by atoms with van der Waals surface area (Å²) >= 11 is 6.16. The monoisotopic (exact) mass is 463 g/mol. The standard InChI is InChI=1S/C23H30ClN3O3S/c1-16-6-7-18(3)22(14-16)27(31(5,29)30)19(4)23(28)26-12-10-25(11-13-26)21-15-20(24)9-8-17(21)2/h6-9,14-15,19H,10-13H2,1-5H3/t19-/m1/s1. The Bertz CT molecular complexity index is 1080. The fraction of sp³-hybridized carbons (Fsp3) is 0.435. The lowest BCUT2D eigenvalue weighted by Gasteiger charge is -2.39. The molecule has 0 spiro atoms. The van der Waals surface area contributed by atoms with Crippen LogP contribution in [0.3, 0.4) is 0 Å². The van der Waals surface area contributed by atoms with Gasteiger partial charge < -0.3 is 9.80 Å². The van der Waals surface area contributed by atoms with Gasteiger partial charge in [0.25, 0.3) is 0 Å². The molecule has 1 aliphatic heterocycles. The van der Waals surface area contributed by atoms with Crippen LogP contribution in [0.25, 0.3) is 0 Å². The summed E-state index contributed by atoms with van der Waals surface area (Å²) in [6.07, 6.45) is 1.15. The van der Waals surface area contributed by atoms with Gasteiger partial charge in [-0.25, -0.2) is 8.42 Å². The molecule has 1 fully saturated rings. The molecule has 0 radical (unpaired) electrons. The number of anilines is 2. The first kappa shape index (κ1) is 23.4. The van der Waals surface area contributed by atoms with Crippen molar-refractivity contribution in [2.75, 3.05) is 41.6 Å². The van der Waals surface area contributed by atoms with Gasteiger partial charge in [0.2, 0.25) is 15.9 Å². The Morgan fingerprint density at radius 1 is 1.00 bits per heavy atom. The summed E-state index contributed by atoms with van der Waals surface area (Å²) in [4.78, 5) is 17.3. The molecule has 0 bridgehead atoms. The van der Waals surface area contributed by atoms with E-state index in [2.05, 4.69) is 4.90 Å². The predicted octanol–water partition coefficient (Wildman–Crippen LogP) is 3.77. The van der Waals surface area contributed by atoms with E-state index in [1.807, 2.05) is 57.2 Å². The van der Waals surface area contributed by atoms with Crippen LogP contribution >= 0.6 is 11.6 Å². The number of halogens is 1. The molecule has 2 aromatic rings. The van der Waals surface area contributed by atoms with Crippen molar-refractivity contribution in [2.24, 2.45) is 0 Å². The van der Waals surface area contributed by atoms with Gasteiger partial charge in [0.1, 0.15) is 6.04 Å². The SMILES string of the molecule is Cc1ccc(C)c(N([C@H](C)C(=O)N2CCN(c3cc(Cl)ccc3C)CC2)S(C)(=O)=O)c1. The maximum Gasteiger partial charge on any atom is 0.246 e. The third-order valence-corrected chi connectivity index (χ3v) is 7.23.